The first-order chi connectivity index (χ1) is 17.3. The van der Waals surface area contributed by atoms with Gasteiger partial charge in [0.1, 0.15) is 5.82 Å². The number of aryl methyl sites for hydroxylation is 1. The van der Waals surface area contributed by atoms with Gasteiger partial charge in [-0.15, -0.1) is 0 Å². The van der Waals surface area contributed by atoms with Crippen LogP contribution < -0.4 is 20.9 Å². The SMILES string of the molecule is CC.CC(C)c1c2c(nn1C)C(C)(C)c1cnc(Nc3ccc(N4CCNCC4)cn3)nc1-2.CNC. The molecule has 0 amide bonds. The number of anilines is 3. The Kier molecular flexibility index (Phi) is 9.03. The minimum absolute atomic E-state index is 0.211. The number of pyridine rings is 1. The Hall–Kier alpha value is -3.04. The monoisotopic (exact) mass is 493 g/mol. The molecule has 5 rings (SSSR count). The molecule has 0 spiro atoms. The molecule has 1 aliphatic heterocycles. The number of hydrogen-bond donors (Lipinski definition) is 3. The van der Waals surface area contributed by atoms with Crippen molar-refractivity contribution in [3.05, 3.63) is 41.5 Å². The van der Waals surface area contributed by atoms with Crippen molar-refractivity contribution in [2.45, 2.75) is 52.9 Å². The fourth-order valence-electron chi connectivity index (χ4n) is 4.77. The lowest BCUT2D eigenvalue weighted by molar-refractivity contribution is 0.589. The Morgan fingerprint density at radius 2 is 1.69 bits per heavy atom. The third-order valence-electron chi connectivity index (χ3n) is 6.40. The fourth-order valence-corrected chi connectivity index (χ4v) is 4.77. The zero-order chi connectivity index (χ0) is 26.5. The molecular formula is C27H43N9. The van der Waals surface area contributed by atoms with Crippen LogP contribution in [0.4, 0.5) is 17.5 Å². The van der Waals surface area contributed by atoms with Gasteiger partial charge < -0.3 is 20.9 Å². The lowest BCUT2D eigenvalue weighted by atomic mass is 9.87. The summed E-state index contributed by atoms with van der Waals surface area (Å²) in [6.45, 7) is 16.8. The molecular weight excluding hydrogens is 450 g/mol. The summed E-state index contributed by atoms with van der Waals surface area (Å²) < 4.78 is 2.01. The number of fused-ring (bicyclic) bond motifs is 3. The van der Waals surface area contributed by atoms with Gasteiger partial charge in [-0.2, -0.15) is 5.10 Å². The standard InChI is InChI=1S/C23H30N8.C2H7N.C2H6/c1-14(2)20-18-19-16(23(3,4)21(18)29-30(20)5)13-26-22(28-19)27-17-7-6-15(12-25-17)31-10-8-24-9-11-31;1-3-2;1-2/h6-7,12-14,24H,8-11H2,1-5H3,(H,25,26,27,28);3H,1-2H3;1-2H3. The number of nitrogens with zero attached hydrogens (tertiary/aromatic N) is 6. The van der Waals surface area contributed by atoms with Crippen molar-refractivity contribution in [2.75, 3.05) is 50.5 Å². The maximum Gasteiger partial charge on any atom is 0.228 e. The number of aromatic nitrogens is 5. The van der Waals surface area contributed by atoms with Gasteiger partial charge in [0, 0.05) is 56.0 Å². The van der Waals surface area contributed by atoms with Crippen LogP contribution in [0.1, 0.15) is 64.4 Å². The van der Waals surface area contributed by atoms with E-state index in [1.54, 1.807) is 0 Å². The predicted octanol–water partition coefficient (Wildman–Crippen LogP) is 4.05. The van der Waals surface area contributed by atoms with Gasteiger partial charge in [0.25, 0.3) is 0 Å². The highest BCUT2D eigenvalue weighted by molar-refractivity contribution is 5.79. The van der Waals surface area contributed by atoms with Gasteiger partial charge in [0.2, 0.25) is 5.95 Å². The van der Waals surface area contributed by atoms with Crippen LogP contribution in [0.3, 0.4) is 0 Å². The average molecular weight is 494 g/mol. The quantitative estimate of drug-likeness (QED) is 0.501. The molecule has 9 nitrogen and oxygen atoms in total. The summed E-state index contributed by atoms with van der Waals surface area (Å²) in [4.78, 5) is 16.5. The van der Waals surface area contributed by atoms with Gasteiger partial charge in [0.15, 0.2) is 0 Å². The molecule has 36 heavy (non-hydrogen) atoms. The Morgan fingerprint density at radius 3 is 2.28 bits per heavy atom. The van der Waals surface area contributed by atoms with Crippen molar-refractivity contribution in [3.63, 3.8) is 0 Å². The van der Waals surface area contributed by atoms with E-state index in [2.05, 4.69) is 64.6 Å². The minimum Gasteiger partial charge on any atom is -0.368 e. The molecule has 4 heterocycles. The number of hydrogen-bond acceptors (Lipinski definition) is 8. The number of nitrogens with one attached hydrogen (secondary N) is 3. The van der Waals surface area contributed by atoms with Gasteiger partial charge in [0.05, 0.1) is 29.0 Å². The molecule has 3 aromatic rings. The normalized spacial score (nSPS) is 15.3. The third-order valence-corrected chi connectivity index (χ3v) is 6.40. The van der Waals surface area contributed by atoms with Crippen molar-refractivity contribution in [3.8, 4) is 11.3 Å². The van der Waals surface area contributed by atoms with Crippen molar-refractivity contribution < 1.29 is 0 Å². The second kappa shape index (κ2) is 11.8. The van der Waals surface area contributed by atoms with E-state index in [9.17, 15) is 0 Å². The van der Waals surface area contributed by atoms with E-state index in [-0.39, 0.29) is 5.41 Å². The molecule has 0 aromatic carbocycles. The van der Waals surface area contributed by atoms with E-state index in [4.69, 9.17) is 10.1 Å². The second-order valence-electron chi connectivity index (χ2n) is 9.73. The average Bonchev–Trinajstić information content (AvgIpc) is 3.33. The molecule has 9 heteroatoms. The van der Waals surface area contributed by atoms with Crippen LogP contribution >= 0.6 is 0 Å². The van der Waals surface area contributed by atoms with Crippen LogP contribution in [0.2, 0.25) is 0 Å². The molecule has 3 N–H and O–H groups in total. The molecule has 1 fully saturated rings. The van der Waals surface area contributed by atoms with Gasteiger partial charge in [-0.25, -0.2) is 15.0 Å². The maximum absolute atomic E-state index is 4.92. The van der Waals surface area contributed by atoms with E-state index in [1.807, 2.05) is 58.1 Å². The topological polar surface area (TPSA) is 95.8 Å². The van der Waals surface area contributed by atoms with Gasteiger partial charge in [-0.3, -0.25) is 4.68 Å². The molecule has 0 saturated carbocycles. The Morgan fingerprint density at radius 1 is 1.03 bits per heavy atom. The molecule has 0 unspecified atom stereocenters. The largest absolute Gasteiger partial charge is 0.368 e. The second-order valence-corrected chi connectivity index (χ2v) is 9.73. The summed E-state index contributed by atoms with van der Waals surface area (Å²) in [7, 11) is 5.77. The van der Waals surface area contributed by atoms with Crippen molar-refractivity contribution in [1.29, 1.82) is 0 Å². The first-order valence-corrected chi connectivity index (χ1v) is 13.0. The summed E-state index contributed by atoms with van der Waals surface area (Å²) in [5, 5.41) is 14.3. The highest BCUT2D eigenvalue weighted by Gasteiger charge is 2.42. The molecule has 1 aliphatic carbocycles. The van der Waals surface area contributed by atoms with E-state index in [0.29, 0.717) is 11.9 Å². The van der Waals surface area contributed by atoms with Gasteiger partial charge in [-0.1, -0.05) is 27.7 Å². The molecule has 3 aromatic heterocycles. The zero-order valence-electron chi connectivity index (χ0n) is 23.4. The maximum atomic E-state index is 4.92. The third kappa shape index (κ3) is 5.37. The number of piperazine rings is 1. The van der Waals surface area contributed by atoms with Crippen molar-refractivity contribution >= 4 is 17.5 Å². The molecule has 1 saturated heterocycles. The van der Waals surface area contributed by atoms with Crippen LogP contribution in [0.5, 0.6) is 0 Å². The Balaban J connectivity index is 0.000000674. The minimum atomic E-state index is -0.211. The Labute approximate surface area is 216 Å². The van der Waals surface area contributed by atoms with E-state index in [0.717, 1.165) is 60.2 Å². The van der Waals surface area contributed by atoms with Crippen molar-refractivity contribution in [1.82, 2.24) is 35.4 Å². The molecule has 2 aliphatic rings. The van der Waals surface area contributed by atoms with Crippen LogP contribution in [-0.4, -0.2) is 65.0 Å². The van der Waals surface area contributed by atoms with Gasteiger partial charge >= 0.3 is 0 Å². The predicted molar refractivity (Wildman–Crippen MR) is 149 cm³/mol. The van der Waals surface area contributed by atoms with Crippen LogP contribution in [0.15, 0.2) is 24.5 Å². The van der Waals surface area contributed by atoms with Crippen LogP contribution in [0, 0.1) is 0 Å². The van der Waals surface area contributed by atoms with Crippen LogP contribution in [-0.2, 0) is 12.5 Å². The van der Waals surface area contributed by atoms with Crippen LogP contribution in [0.25, 0.3) is 11.3 Å². The van der Waals surface area contributed by atoms with E-state index in [1.165, 1.54) is 5.69 Å². The van der Waals surface area contributed by atoms with Crippen molar-refractivity contribution in [2.24, 2.45) is 7.05 Å². The molecule has 0 radical (unpaired) electrons. The summed E-state index contributed by atoms with van der Waals surface area (Å²) in [5.74, 6) is 1.66. The summed E-state index contributed by atoms with van der Waals surface area (Å²) in [5.41, 5.74) is 6.49. The molecule has 0 bridgehead atoms. The lowest BCUT2D eigenvalue weighted by Gasteiger charge is -2.29. The molecule has 196 valence electrons. The van der Waals surface area contributed by atoms with Gasteiger partial charge in [-0.05, 0) is 46.0 Å². The highest BCUT2D eigenvalue weighted by atomic mass is 15.3. The highest BCUT2D eigenvalue weighted by Crippen LogP contribution is 2.49. The summed E-state index contributed by atoms with van der Waals surface area (Å²) in [6, 6.07) is 4.10. The summed E-state index contributed by atoms with van der Waals surface area (Å²) >= 11 is 0. The molecule has 0 atom stereocenters. The smallest absolute Gasteiger partial charge is 0.228 e. The first kappa shape index (κ1) is 27.5. The van der Waals surface area contributed by atoms with E-state index >= 15 is 0 Å². The van der Waals surface area contributed by atoms with E-state index < -0.39 is 0 Å². The first-order valence-electron chi connectivity index (χ1n) is 13.0. The number of rotatable bonds is 4. The lowest BCUT2D eigenvalue weighted by Crippen LogP contribution is -2.43. The zero-order valence-corrected chi connectivity index (χ0v) is 23.4. The summed E-state index contributed by atoms with van der Waals surface area (Å²) in [6.07, 6.45) is 3.85. The Bertz CT molecular complexity index is 1130. The fraction of sp³-hybridized carbons (Fsp3) is 0.556.